The molecular weight excluding hydrogens is 158 g/mol. The average molecular weight is 173 g/mol. The van der Waals surface area contributed by atoms with Crippen LogP contribution in [0.25, 0.3) is 6.08 Å². The monoisotopic (exact) mass is 173 g/mol. The Bertz CT molecular complexity index is 328. The minimum Gasteiger partial charge on any atom is -0.371 e. The summed E-state index contributed by atoms with van der Waals surface area (Å²) in [6, 6.07) is 9.12. The standard InChI is InChI=1S/C12H15N/c1-3-13-9-8-11-6-4-5-7-12(11)10(13)2/h4-10H,3H2,1-2H3. The average Bonchev–Trinajstić information content (AvgIpc) is 2.19. The first-order chi connectivity index (χ1) is 6.33. The summed E-state index contributed by atoms with van der Waals surface area (Å²) >= 11 is 0. The Morgan fingerprint density at radius 2 is 2.08 bits per heavy atom. The molecule has 0 fully saturated rings. The molecule has 0 saturated heterocycles. The van der Waals surface area contributed by atoms with Crippen molar-refractivity contribution in [2.75, 3.05) is 6.54 Å². The normalized spacial score (nSPS) is 20.2. The second kappa shape index (κ2) is 3.25. The molecule has 1 atom stereocenters. The van der Waals surface area contributed by atoms with Crippen LogP contribution in [0.5, 0.6) is 0 Å². The van der Waals surface area contributed by atoms with Crippen LogP contribution in [0.3, 0.4) is 0 Å². The third-order valence-electron chi connectivity index (χ3n) is 2.75. The molecule has 1 aromatic carbocycles. The van der Waals surface area contributed by atoms with Crippen molar-refractivity contribution < 1.29 is 0 Å². The third kappa shape index (κ3) is 1.35. The van der Waals surface area contributed by atoms with E-state index in [1.165, 1.54) is 11.1 Å². The predicted molar refractivity (Wildman–Crippen MR) is 56.3 cm³/mol. The largest absolute Gasteiger partial charge is 0.371 e. The quantitative estimate of drug-likeness (QED) is 0.631. The van der Waals surface area contributed by atoms with Gasteiger partial charge < -0.3 is 4.90 Å². The molecule has 1 aromatic rings. The molecule has 1 unspecified atom stereocenters. The van der Waals surface area contributed by atoms with Crippen molar-refractivity contribution in [2.45, 2.75) is 19.9 Å². The summed E-state index contributed by atoms with van der Waals surface area (Å²) in [5, 5.41) is 0. The van der Waals surface area contributed by atoms with E-state index in [0.717, 1.165) is 6.54 Å². The molecule has 1 aliphatic heterocycles. The van der Waals surface area contributed by atoms with Crippen LogP contribution in [-0.2, 0) is 0 Å². The van der Waals surface area contributed by atoms with Crippen molar-refractivity contribution in [1.82, 2.24) is 4.90 Å². The fourth-order valence-corrected chi connectivity index (χ4v) is 1.91. The van der Waals surface area contributed by atoms with Crippen molar-refractivity contribution in [3.8, 4) is 0 Å². The lowest BCUT2D eigenvalue weighted by Crippen LogP contribution is -2.23. The number of benzene rings is 1. The van der Waals surface area contributed by atoms with Crippen LogP contribution in [0, 0.1) is 0 Å². The number of hydrogen-bond donors (Lipinski definition) is 0. The van der Waals surface area contributed by atoms with E-state index in [1.807, 2.05) is 0 Å². The fourth-order valence-electron chi connectivity index (χ4n) is 1.91. The Hall–Kier alpha value is -1.24. The zero-order valence-electron chi connectivity index (χ0n) is 8.20. The van der Waals surface area contributed by atoms with Crippen LogP contribution in [0.15, 0.2) is 30.5 Å². The number of nitrogens with zero attached hydrogens (tertiary/aromatic N) is 1. The van der Waals surface area contributed by atoms with Gasteiger partial charge in [-0.15, -0.1) is 0 Å². The van der Waals surface area contributed by atoms with Crippen molar-refractivity contribution >= 4 is 6.08 Å². The number of hydrogen-bond acceptors (Lipinski definition) is 1. The Balaban J connectivity index is 2.42. The van der Waals surface area contributed by atoms with Gasteiger partial charge in [0.1, 0.15) is 0 Å². The van der Waals surface area contributed by atoms with Gasteiger partial charge in [0.2, 0.25) is 0 Å². The van der Waals surface area contributed by atoms with Gasteiger partial charge in [0.25, 0.3) is 0 Å². The maximum Gasteiger partial charge on any atom is 0.0514 e. The molecule has 0 aromatic heterocycles. The summed E-state index contributed by atoms with van der Waals surface area (Å²) in [6.07, 6.45) is 4.38. The van der Waals surface area contributed by atoms with Crippen molar-refractivity contribution in [3.63, 3.8) is 0 Å². The van der Waals surface area contributed by atoms with E-state index in [9.17, 15) is 0 Å². The lowest BCUT2D eigenvalue weighted by Gasteiger charge is -2.31. The first-order valence-electron chi connectivity index (χ1n) is 4.86. The van der Waals surface area contributed by atoms with Crippen LogP contribution in [0.2, 0.25) is 0 Å². The van der Waals surface area contributed by atoms with Crippen LogP contribution < -0.4 is 0 Å². The first-order valence-corrected chi connectivity index (χ1v) is 4.86. The molecule has 1 aliphatic rings. The molecular formula is C12H15N. The topological polar surface area (TPSA) is 3.24 Å². The second-order valence-corrected chi connectivity index (χ2v) is 3.45. The van der Waals surface area contributed by atoms with Crippen LogP contribution in [0.4, 0.5) is 0 Å². The van der Waals surface area contributed by atoms with Gasteiger partial charge in [0.15, 0.2) is 0 Å². The SMILES string of the molecule is CCN1C=Cc2ccccc2C1C. The van der Waals surface area contributed by atoms with Gasteiger partial charge in [-0.3, -0.25) is 0 Å². The smallest absolute Gasteiger partial charge is 0.0514 e. The van der Waals surface area contributed by atoms with E-state index in [-0.39, 0.29) is 0 Å². The van der Waals surface area contributed by atoms with E-state index < -0.39 is 0 Å². The summed E-state index contributed by atoms with van der Waals surface area (Å²) in [7, 11) is 0. The molecule has 1 nitrogen and oxygen atoms in total. The lowest BCUT2D eigenvalue weighted by atomic mass is 9.98. The second-order valence-electron chi connectivity index (χ2n) is 3.45. The summed E-state index contributed by atoms with van der Waals surface area (Å²) in [4.78, 5) is 2.35. The van der Waals surface area contributed by atoms with E-state index >= 15 is 0 Å². The summed E-state index contributed by atoms with van der Waals surface area (Å²) < 4.78 is 0. The molecule has 0 N–H and O–H groups in total. The predicted octanol–water partition coefficient (Wildman–Crippen LogP) is 3.05. The Morgan fingerprint density at radius 1 is 1.31 bits per heavy atom. The number of rotatable bonds is 1. The van der Waals surface area contributed by atoms with Gasteiger partial charge in [-0.05, 0) is 31.1 Å². The Kier molecular flexibility index (Phi) is 2.09. The summed E-state index contributed by atoms with van der Waals surface area (Å²) in [5.74, 6) is 0. The van der Waals surface area contributed by atoms with Gasteiger partial charge in [-0.25, -0.2) is 0 Å². The minimum absolute atomic E-state index is 0.520. The molecule has 1 heterocycles. The van der Waals surface area contributed by atoms with Gasteiger partial charge in [0, 0.05) is 12.7 Å². The summed E-state index contributed by atoms with van der Waals surface area (Å²) in [6.45, 7) is 5.52. The van der Waals surface area contributed by atoms with Gasteiger partial charge in [-0.1, -0.05) is 24.3 Å². The molecule has 0 saturated carbocycles. The minimum atomic E-state index is 0.520. The maximum atomic E-state index is 2.35. The molecule has 0 spiro atoms. The molecule has 2 rings (SSSR count). The highest BCUT2D eigenvalue weighted by atomic mass is 15.1. The molecule has 0 radical (unpaired) electrons. The summed E-state index contributed by atoms with van der Waals surface area (Å²) in [5.41, 5.74) is 2.80. The zero-order valence-corrected chi connectivity index (χ0v) is 8.20. The van der Waals surface area contributed by atoms with Gasteiger partial charge in [-0.2, -0.15) is 0 Å². The van der Waals surface area contributed by atoms with Crippen molar-refractivity contribution in [1.29, 1.82) is 0 Å². The maximum absolute atomic E-state index is 2.35. The van der Waals surface area contributed by atoms with E-state index in [0.29, 0.717) is 6.04 Å². The van der Waals surface area contributed by atoms with Crippen LogP contribution in [-0.4, -0.2) is 11.4 Å². The molecule has 13 heavy (non-hydrogen) atoms. The van der Waals surface area contributed by atoms with Gasteiger partial charge >= 0.3 is 0 Å². The van der Waals surface area contributed by atoms with Crippen LogP contribution >= 0.6 is 0 Å². The molecule has 68 valence electrons. The lowest BCUT2D eigenvalue weighted by molar-refractivity contribution is 0.311. The van der Waals surface area contributed by atoms with E-state index in [1.54, 1.807) is 0 Å². The molecule has 0 aliphatic carbocycles. The van der Waals surface area contributed by atoms with E-state index in [4.69, 9.17) is 0 Å². The number of fused-ring (bicyclic) bond motifs is 1. The van der Waals surface area contributed by atoms with Gasteiger partial charge in [0.05, 0.1) is 6.04 Å². The highest BCUT2D eigenvalue weighted by Crippen LogP contribution is 2.28. The highest BCUT2D eigenvalue weighted by Gasteiger charge is 2.16. The highest BCUT2D eigenvalue weighted by molar-refractivity contribution is 5.56. The first kappa shape index (κ1) is 8.36. The fraction of sp³-hybridized carbons (Fsp3) is 0.333. The Labute approximate surface area is 79.7 Å². The van der Waals surface area contributed by atoms with E-state index in [2.05, 4.69) is 55.3 Å². The molecule has 1 heteroatoms. The molecule has 0 bridgehead atoms. The molecule has 0 amide bonds. The zero-order chi connectivity index (χ0) is 9.26. The Morgan fingerprint density at radius 3 is 2.85 bits per heavy atom. The van der Waals surface area contributed by atoms with Crippen LogP contribution in [0.1, 0.15) is 31.0 Å². The van der Waals surface area contributed by atoms with Crippen molar-refractivity contribution in [2.24, 2.45) is 0 Å². The van der Waals surface area contributed by atoms with Crippen molar-refractivity contribution in [3.05, 3.63) is 41.6 Å². The third-order valence-corrected chi connectivity index (χ3v) is 2.75.